The highest BCUT2D eigenvalue weighted by Gasteiger charge is 2.29. The van der Waals surface area contributed by atoms with Crippen LogP contribution in [0.25, 0.3) is 11.1 Å². The minimum Gasteiger partial charge on any atom is -0.508 e. The SMILES string of the molecule is NC(N)=NCCC[C@@H](NC(=O)C(CS)NC(=O)Cc1ccc(-c2ccccc2)cc1)C(=O)NC(Cc1ccc(O)cc1)C(=O)NCCc1ccccc1. The van der Waals surface area contributed by atoms with Crippen molar-refractivity contribution in [2.24, 2.45) is 16.5 Å². The van der Waals surface area contributed by atoms with Crippen molar-refractivity contribution in [3.8, 4) is 16.9 Å². The molecule has 0 aliphatic carbocycles. The number of rotatable bonds is 19. The van der Waals surface area contributed by atoms with Crippen molar-refractivity contribution < 1.29 is 24.3 Å². The van der Waals surface area contributed by atoms with E-state index in [0.717, 1.165) is 22.3 Å². The van der Waals surface area contributed by atoms with E-state index in [2.05, 4.69) is 38.9 Å². The highest BCUT2D eigenvalue weighted by molar-refractivity contribution is 7.80. The number of aliphatic imine (C=N–C) groups is 1. The van der Waals surface area contributed by atoms with Crippen LogP contribution in [0.5, 0.6) is 5.75 Å². The molecule has 4 aromatic rings. The number of carbonyl (C=O) groups is 4. The quantitative estimate of drug-likeness (QED) is 0.0313. The van der Waals surface area contributed by atoms with Gasteiger partial charge in [0.1, 0.15) is 23.9 Å². The number of benzene rings is 4. The zero-order valence-electron chi connectivity index (χ0n) is 29.4. The molecule has 13 heteroatoms. The summed E-state index contributed by atoms with van der Waals surface area (Å²) in [5.74, 6) is -2.09. The molecule has 0 saturated heterocycles. The number of guanidine groups is 1. The topological polar surface area (TPSA) is 201 Å². The summed E-state index contributed by atoms with van der Waals surface area (Å²) in [5.41, 5.74) is 15.5. The molecule has 53 heavy (non-hydrogen) atoms. The number of nitrogens with one attached hydrogen (secondary N) is 4. The van der Waals surface area contributed by atoms with E-state index < -0.39 is 35.8 Å². The second-order valence-electron chi connectivity index (χ2n) is 12.5. The Labute approximate surface area is 315 Å². The summed E-state index contributed by atoms with van der Waals surface area (Å²) in [5, 5.41) is 20.9. The summed E-state index contributed by atoms with van der Waals surface area (Å²) >= 11 is 4.30. The third kappa shape index (κ3) is 13.7. The molecule has 2 unspecified atom stereocenters. The average Bonchev–Trinajstić information content (AvgIpc) is 3.16. The van der Waals surface area contributed by atoms with Crippen LogP contribution < -0.4 is 32.7 Å². The van der Waals surface area contributed by atoms with Gasteiger partial charge in [-0.3, -0.25) is 24.2 Å². The van der Waals surface area contributed by atoms with Crippen molar-refractivity contribution in [1.82, 2.24) is 21.3 Å². The Hall–Kier alpha value is -5.82. The molecule has 0 saturated carbocycles. The lowest BCUT2D eigenvalue weighted by Crippen LogP contribution is -2.57. The van der Waals surface area contributed by atoms with Crippen molar-refractivity contribution >= 4 is 42.2 Å². The number of carbonyl (C=O) groups excluding carboxylic acids is 4. The molecule has 0 aromatic heterocycles. The van der Waals surface area contributed by atoms with Gasteiger partial charge in [0.15, 0.2) is 5.96 Å². The van der Waals surface area contributed by atoms with Gasteiger partial charge < -0.3 is 37.8 Å². The van der Waals surface area contributed by atoms with E-state index in [1.807, 2.05) is 84.9 Å². The van der Waals surface area contributed by atoms with Crippen molar-refractivity contribution in [2.45, 2.75) is 50.2 Å². The number of nitrogens with zero attached hydrogens (tertiary/aromatic N) is 1. The van der Waals surface area contributed by atoms with Crippen LogP contribution >= 0.6 is 12.6 Å². The summed E-state index contributed by atoms with van der Waals surface area (Å²) in [6.45, 7) is 0.540. The standard InChI is InChI=1S/C40H47N7O5S/c41-40(42)44-22-7-12-33(46-39(52)35(26-53)45-36(49)25-29-13-17-31(18-14-29)30-10-5-2-6-11-30)38(51)47-34(24-28-15-19-32(48)20-16-28)37(50)43-23-21-27-8-3-1-4-9-27/h1-6,8-11,13-20,33-35,48,53H,7,12,21-26H2,(H,43,50)(H,45,49)(H,46,52)(H,47,51)(H4,41,42,44)/t33-,34?,35?/m1/s1. The van der Waals surface area contributed by atoms with Gasteiger partial charge in [0, 0.05) is 25.3 Å². The van der Waals surface area contributed by atoms with Crippen LogP contribution in [0.2, 0.25) is 0 Å². The number of phenols is 1. The number of amides is 4. The van der Waals surface area contributed by atoms with E-state index in [1.165, 1.54) is 12.1 Å². The van der Waals surface area contributed by atoms with Crippen LogP contribution in [0.15, 0.2) is 114 Å². The third-order valence-corrected chi connectivity index (χ3v) is 8.77. The average molecular weight is 738 g/mol. The van der Waals surface area contributed by atoms with Gasteiger partial charge in [-0.05, 0) is 59.2 Å². The van der Waals surface area contributed by atoms with Gasteiger partial charge in [0.25, 0.3) is 0 Å². The van der Waals surface area contributed by atoms with Crippen LogP contribution in [-0.4, -0.2) is 71.7 Å². The third-order valence-electron chi connectivity index (χ3n) is 8.40. The number of nitrogens with two attached hydrogens (primary N) is 2. The molecule has 0 heterocycles. The number of phenolic OH excluding ortho intramolecular Hbond substituents is 1. The molecular weight excluding hydrogens is 691 g/mol. The number of hydrogen-bond donors (Lipinski definition) is 8. The van der Waals surface area contributed by atoms with Gasteiger partial charge in [-0.15, -0.1) is 0 Å². The van der Waals surface area contributed by atoms with E-state index in [9.17, 15) is 24.3 Å². The van der Waals surface area contributed by atoms with Gasteiger partial charge in [-0.2, -0.15) is 12.6 Å². The van der Waals surface area contributed by atoms with Crippen LogP contribution in [0, 0.1) is 0 Å². The fourth-order valence-electron chi connectivity index (χ4n) is 5.56. The van der Waals surface area contributed by atoms with Crippen LogP contribution in [0.4, 0.5) is 0 Å². The normalized spacial score (nSPS) is 12.4. The summed E-state index contributed by atoms with van der Waals surface area (Å²) < 4.78 is 0. The fraction of sp³-hybridized carbons (Fsp3) is 0.275. The van der Waals surface area contributed by atoms with E-state index in [4.69, 9.17) is 11.5 Å². The first-order valence-corrected chi connectivity index (χ1v) is 18.0. The molecule has 4 amide bonds. The molecule has 4 aromatic carbocycles. The number of hydrogen-bond acceptors (Lipinski definition) is 7. The summed E-state index contributed by atoms with van der Waals surface area (Å²) in [6, 6.07) is 30.3. The molecule has 278 valence electrons. The predicted molar refractivity (Wildman–Crippen MR) is 210 cm³/mol. The largest absolute Gasteiger partial charge is 0.508 e. The molecule has 0 bridgehead atoms. The first-order valence-electron chi connectivity index (χ1n) is 17.4. The summed E-state index contributed by atoms with van der Waals surface area (Å²) in [4.78, 5) is 57.8. The Morgan fingerprint density at radius 1 is 0.660 bits per heavy atom. The Morgan fingerprint density at radius 3 is 1.89 bits per heavy atom. The van der Waals surface area contributed by atoms with Gasteiger partial charge in [-0.1, -0.05) is 97.1 Å². The van der Waals surface area contributed by atoms with Crippen molar-refractivity contribution in [3.05, 3.63) is 126 Å². The molecule has 0 aliphatic heterocycles. The lowest BCUT2D eigenvalue weighted by Gasteiger charge is -2.25. The van der Waals surface area contributed by atoms with Crippen LogP contribution in [0.3, 0.4) is 0 Å². The zero-order chi connectivity index (χ0) is 38.0. The second kappa shape index (κ2) is 20.9. The van der Waals surface area contributed by atoms with E-state index in [1.54, 1.807) is 12.1 Å². The molecule has 0 spiro atoms. The lowest BCUT2D eigenvalue weighted by atomic mass is 10.0. The maximum atomic E-state index is 13.8. The second-order valence-corrected chi connectivity index (χ2v) is 12.9. The molecule has 4 rings (SSSR count). The maximum Gasteiger partial charge on any atom is 0.244 e. The van der Waals surface area contributed by atoms with E-state index in [-0.39, 0.29) is 49.2 Å². The zero-order valence-corrected chi connectivity index (χ0v) is 30.3. The van der Waals surface area contributed by atoms with Crippen molar-refractivity contribution in [1.29, 1.82) is 0 Å². The molecule has 12 nitrogen and oxygen atoms in total. The van der Waals surface area contributed by atoms with Gasteiger partial charge in [-0.25, -0.2) is 0 Å². The Morgan fingerprint density at radius 2 is 1.25 bits per heavy atom. The first-order chi connectivity index (χ1) is 25.6. The Balaban J connectivity index is 1.42. The van der Waals surface area contributed by atoms with Gasteiger partial charge in [0.05, 0.1) is 6.42 Å². The Bertz CT molecular complexity index is 1800. The summed E-state index contributed by atoms with van der Waals surface area (Å²) in [6.07, 6.45) is 1.22. The van der Waals surface area contributed by atoms with Crippen LogP contribution in [0.1, 0.15) is 29.5 Å². The lowest BCUT2D eigenvalue weighted by molar-refractivity contribution is -0.133. The molecule has 0 fully saturated rings. The Kier molecular flexibility index (Phi) is 15.7. The van der Waals surface area contributed by atoms with E-state index >= 15 is 0 Å². The van der Waals surface area contributed by atoms with Gasteiger partial charge in [0.2, 0.25) is 23.6 Å². The molecular formula is C40H47N7O5S. The first kappa shape index (κ1) is 40.0. The molecule has 0 radical (unpaired) electrons. The highest BCUT2D eigenvalue weighted by Crippen LogP contribution is 2.19. The monoisotopic (exact) mass is 737 g/mol. The predicted octanol–water partition coefficient (Wildman–Crippen LogP) is 2.64. The fourth-order valence-corrected chi connectivity index (χ4v) is 5.82. The number of aromatic hydroxyl groups is 1. The highest BCUT2D eigenvalue weighted by atomic mass is 32.1. The smallest absolute Gasteiger partial charge is 0.244 e. The molecule has 0 aliphatic rings. The van der Waals surface area contributed by atoms with E-state index in [0.29, 0.717) is 24.9 Å². The minimum atomic E-state index is -1.10. The van der Waals surface area contributed by atoms with Crippen LogP contribution in [-0.2, 0) is 38.4 Å². The molecule has 3 atom stereocenters. The minimum absolute atomic E-state index is 0.0276. The summed E-state index contributed by atoms with van der Waals surface area (Å²) in [7, 11) is 0. The van der Waals surface area contributed by atoms with Gasteiger partial charge >= 0.3 is 0 Å². The molecule has 9 N–H and O–H groups in total. The van der Waals surface area contributed by atoms with Crippen molar-refractivity contribution in [2.75, 3.05) is 18.8 Å². The van der Waals surface area contributed by atoms with Crippen molar-refractivity contribution in [3.63, 3.8) is 0 Å². The maximum absolute atomic E-state index is 13.8. The number of thiol groups is 1.